The second-order valence-corrected chi connectivity index (χ2v) is 7.68. The molecule has 2 aromatic carbocycles. The van der Waals surface area contributed by atoms with E-state index < -0.39 is 0 Å². The van der Waals surface area contributed by atoms with Crippen molar-refractivity contribution in [3.63, 3.8) is 0 Å². The molecule has 0 saturated carbocycles. The van der Waals surface area contributed by atoms with E-state index in [1.165, 1.54) is 23.1 Å². The van der Waals surface area contributed by atoms with Gasteiger partial charge >= 0.3 is 0 Å². The molecular formula is C19H14N4O2S2. The number of ether oxygens (including phenoxy) is 1. The lowest BCUT2D eigenvalue weighted by atomic mass is 10.1. The number of carbonyl (C=O) groups excluding carboxylic acids is 1. The number of nitrogens with zero attached hydrogens (tertiary/aromatic N) is 3. The largest absolute Gasteiger partial charge is 0.481 e. The van der Waals surface area contributed by atoms with Crippen LogP contribution in [0.4, 0.5) is 5.69 Å². The molecule has 2 aromatic heterocycles. The molecule has 2 heterocycles. The molecule has 0 fully saturated rings. The molecule has 0 aliphatic rings. The summed E-state index contributed by atoms with van der Waals surface area (Å²) < 4.78 is 6.20. The quantitative estimate of drug-likeness (QED) is 0.537. The highest BCUT2D eigenvalue weighted by molar-refractivity contribution is 8.01. The van der Waals surface area contributed by atoms with E-state index in [1.807, 2.05) is 48.5 Å². The maximum absolute atomic E-state index is 12.6. The average molecular weight is 394 g/mol. The van der Waals surface area contributed by atoms with Crippen molar-refractivity contribution in [2.45, 2.75) is 9.24 Å². The molecular weight excluding hydrogens is 380 g/mol. The molecule has 4 rings (SSSR count). The number of rotatable bonds is 5. The Kier molecular flexibility index (Phi) is 4.99. The lowest BCUT2D eigenvalue weighted by Gasteiger charge is -2.09. The van der Waals surface area contributed by atoms with Crippen LogP contribution in [-0.2, 0) is 0 Å². The number of hydrogen-bond acceptors (Lipinski definition) is 7. The average Bonchev–Trinajstić information content (AvgIpc) is 3.21. The van der Waals surface area contributed by atoms with Gasteiger partial charge in [-0.1, -0.05) is 41.3 Å². The number of methoxy groups -OCH3 is 1. The summed E-state index contributed by atoms with van der Waals surface area (Å²) in [6.45, 7) is 0. The lowest BCUT2D eigenvalue weighted by Crippen LogP contribution is -2.14. The summed E-state index contributed by atoms with van der Waals surface area (Å²) in [6, 6.07) is 17.0. The van der Waals surface area contributed by atoms with Crippen LogP contribution in [-0.4, -0.2) is 28.2 Å². The van der Waals surface area contributed by atoms with Crippen LogP contribution in [0.2, 0.25) is 0 Å². The Morgan fingerprint density at radius 1 is 1.15 bits per heavy atom. The van der Waals surface area contributed by atoms with Crippen molar-refractivity contribution in [1.29, 1.82) is 0 Å². The van der Waals surface area contributed by atoms with Gasteiger partial charge < -0.3 is 10.1 Å². The minimum absolute atomic E-state index is 0.288. The highest BCUT2D eigenvalue weighted by Crippen LogP contribution is 2.29. The fourth-order valence-electron chi connectivity index (χ4n) is 2.55. The Hall–Kier alpha value is -2.97. The lowest BCUT2D eigenvalue weighted by molar-refractivity contribution is 0.102. The van der Waals surface area contributed by atoms with E-state index in [0.717, 1.165) is 20.0 Å². The van der Waals surface area contributed by atoms with Gasteiger partial charge in [-0.25, -0.2) is 4.98 Å². The summed E-state index contributed by atoms with van der Waals surface area (Å²) >= 11 is 3.01. The Labute approximate surface area is 163 Å². The van der Waals surface area contributed by atoms with Gasteiger partial charge in [-0.3, -0.25) is 4.79 Å². The molecule has 27 heavy (non-hydrogen) atoms. The number of aromatic nitrogens is 3. The third-order valence-electron chi connectivity index (χ3n) is 3.79. The third kappa shape index (κ3) is 3.91. The smallest absolute Gasteiger partial charge is 0.274 e. The number of fused-ring (bicyclic) bond motifs is 1. The Morgan fingerprint density at radius 2 is 1.96 bits per heavy atom. The summed E-state index contributed by atoms with van der Waals surface area (Å²) in [6.07, 6.45) is 0. The molecule has 134 valence electrons. The van der Waals surface area contributed by atoms with E-state index in [-0.39, 0.29) is 5.91 Å². The van der Waals surface area contributed by atoms with Crippen LogP contribution < -0.4 is 10.1 Å². The molecule has 0 spiro atoms. The maximum Gasteiger partial charge on any atom is 0.274 e. The van der Waals surface area contributed by atoms with Crippen LogP contribution in [0, 0.1) is 0 Å². The van der Waals surface area contributed by atoms with Gasteiger partial charge in [-0.2, -0.15) is 0 Å². The van der Waals surface area contributed by atoms with E-state index in [2.05, 4.69) is 20.5 Å². The second-order valence-electron chi connectivity index (χ2n) is 5.52. The zero-order chi connectivity index (χ0) is 18.6. The summed E-state index contributed by atoms with van der Waals surface area (Å²) in [7, 11) is 1.55. The number of benzene rings is 2. The molecule has 0 bridgehead atoms. The first kappa shape index (κ1) is 17.4. The van der Waals surface area contributed by atoms with Gasteiger partial charge in [-0.15, -0.1) is 10.2 Å². The standard InChI is InChI=1S/C19H14N4O2S2/c1-25-18-15-5-3-2-4-12(15)10-16(22-18)17(24)21-13-6-8-14(9-7-13)27-19-23-20-11-26-19/h2-11H,1H3,(H,21,24). The summed E-state index contributed by atoms with van der Waals surface area (Å²) in [5.41, 5.74) is 2.69. The van der Waals surface area contributed by atoms with E-state index in [0.29, 0.717) is 17.3 Å². The Balaban J connectivity index is 1.52. The molecule has 0 saturated heterocycles. The van der Waals surface area contributed by atoms with Crippen LogP contribution in [0.5, 0.6) is 5.88 Å². The molecule has 0 atom stereocenters. The minimum atomic E-state index is -0.288. The van der Waals surface area contributed by atoms with Crippen molar-refractivity contribution >= 4 is 45.5 Å². The first-order valence-corrected chi connectivity index (χ1v) is 9.72. The molecule has 1 amide bonds. The van der Waals surface area contributed by atoms with Gasteiger partial charge in [0.1, 0.15) is 11.2 Å². The number of carbonyl (C=O) groups is 1. The van der Waals surface area contributed by atoms with Crippen LogP contribution in [0.25, 0.3) is 10.8 Å². The van der Waals surface area contributed by atoms with Crippen molar-refractivity contribution in [2.24, 2.45) is 0 Å². The highest BCUT2D eigenvalue weighted by atomic mass is 32.2. The second kappa shape index (κ2) is 7.73. The van der Waals surface area contributed by atoms with Crippen molar-refractivity contribution in [3.8, 4) is 5.88 Å². The van der Waals surface area contributed by atoms with Gasteiger partial charge in [0.05, 0.1) is 7.11 Å². The zero-order valence-electron chi connectivity index (χ0n) is 14.2. The van der Waals surface area contributed by atoms with Gasteiger partial charge in [0.15, 0.2) is 4.34 Å². The first-order valence-electron chi connectivity index (χ1n) is 8.02. The normalized spacial score (nSPS) is 10.7. The number of amides is 1. The Morgan fingerprint density at radius 3 is 2.70 bits per heavy atom. The predicted octanol–water partition coefficient (Wildman–Crippen LogP) is 4.50. The third-order valence-corrected chi connectivity index (χ3v) is 5.57. The van der Waals surface area contributed by atoms with Gasteiger partial charge in [0.25, 0.3) is 5.91 Å². The van der Waals surface area contributed by atoms with Crippen molar-refractivity contribution < 1.29 is 9.53 Å². The van der Waals surface area contributed by atoms with E-state index in [1.54, 1.807) is 18.7 Å². The van der Waals surface area contributed by atoms with E-state index in [4.69, 9.17) is 4.74 Å². The number of nitrogens with one attached hydrogen (secondary N) is 1. The monoisotopic (exact) mass is 394 g/mol. The minimum Gasteiger partial charge on any atom is -0.481 e. The molecule has 6 nitrogen and oxygen atoms in total. The molecule has 0 aliphatic heterocycles. The maximum atomic E-state index is 12.6. The van der Waals surface area contributed by atoms with Crippen molar-refractivity contribution in [3.05, 3.63) is 65.8 Å². The fraction of sp³-hybridized carbons (Fsp3) is 0.0526. The van der Waals surface area contributed by atoms with Crippen LogP contribution in [0.3, 0.4) is 0 Å². The molecule has 0 aliphatic carbocycles. The van der Waals surface area contributed by atoms with Crippen LogP contribution in [0.15, 0.2) is 69.3 Å². The van der Waals surface area contributed by atoms with Gasteiger partial charge in [0.2, 0.25) is 5.88 Å². The van der Waals surface area contributed by atoms with E-state index in [9.17, 15) is 4.79 Å². The zero-order valence-corrected chi connectivity index (χ0v) is 15.9. The molecule has 8 heteroatoms. The Bertz CT molecular complexity index is 1080. The van der Waals surface area contributed by atoms with E-state index >= 15 is 0 Å². The highest BCUT2D eigenvalue weighted by Gasteiger charge is 2.13. The first-order chi connectivity index (χ1) is 13.2. The molecule has 0 unspecified atom stereocenters. The number of anilines is 1. The molecule has 1 N–H and O–H groups in total. The fourth-order valence-corrected chi connectivity index (χ4v) is 4.00. The molecule has 0 radical (unpaired) electrons. The summed E-state index contributed by atoms with van der Waals surface area (Å²) in [4.78, 5) is 18.0. The predicted molar refractivity (Wildman–Crippen MR) is 107 cm³/mol. The topological polar surface area (TPSA) is 77.0 Å². The SMILES string of the molecule is COc1nc(C(=O)Nc2ccc(Sc3nncs3)cc2)cc2ccccc12. The van der Waals surface area contributed by atoms with Gasteiger partial charge in [0, 0.05) is 16.0 Å². The van der Waals surface area contributed by atoms with Crippen LogP contribution >= 0.6 is 23.1 Å². The van der Waals surface area contributed by atoms with Crippen molar-refractivity contribution in [2.75, 3.05) is 12.4 Å². The molecule has 4 aromatic rings. The van der Waals surface area contributed by atoms with Gasteiger partial charge in [-0.05, 0) is 41.8 Å². The number of pyridine rings is 1. The number of hydrogen-bond donors (Lipinski definition) is 1. The van der Waals surface area contributed by atoms with Crippen molar-refractivity contribution in [1.82, 2.24) is 15.2 Å². The van der Waals surface area contributed by atoms with Crippen LogP contribution in [0.1, 0.15) is 10.5 Å². The summed E-state index contributed by atoms with van der Waals surface area (Å²) in [5, 5.41) is 12.5. The summed E-state index contributed by atoms with van der Waals surface area (Å²) in [5.74, 6) is 0.144.